The summed E-state index contributed by atoms with van der Waals surface area (Å²) >= 11 is 1.71. The number of aliphatic hydroxyl groups is 1. The molecule has 1 aromatic rings. The predicted octanol–water partition coefficient (Wildman–Crippen LogP) is 2.35. The minimum atomic E-state index is 0.220. The van der Waals surface area contributed by atoms with E-state index in [1.165, 1.54) is 17.7 Å². The molecular weight excluding hydrogens is 222 g/mol. The summed E-state index contributed by atoms with van der Waals surface area (Å²) < 4.78 is 5.29. The first-order valence-corrected chi connectivity index (χ1v) is 6.63. The quantitative estimate of drug-likeness (QED) is 0.761. The summed E-state index contributed by atoms with van der Waals surface area (Å²) in [6.07, 6.45) is 2.36. The molecule has 0 fully saturated rings. The maximum Gasteiger partial charge on any atom is 0.134 e. The van der Waals surface area contributed by atoms with Crippen molar-refractivity contribution in [2.75, 3.05) is 26.8 Å². The maximum absolute atomic E-state index is 9.02. The molecule has 4 heteroatoms. The van der Waals surface area contributed by atoms with Crippen molar-refractivity contribution in [1.82, 2.24) is 4.90 Å². The highest BCUT2D eigenvalue weighted by Gasteiger charge is 2.10. The van der Waals surface area contributed by atoms with Gasteiger partial charge in [0, 0.05) is 13.1 Å². The summed E-state index contributed by atoms with van der Waals surface area (Å²) in [4.78, 5) is 3.52. The van der Waals surface area contributed by atoms with Crippen LogP contribution in [0.25, 0.3) is 0 Å². The molecular formula is C12H21NO2S. The molecule has 1 rings (SSSR count). The molecule has 0 aliphatic rings. The molecule has 3 nitrogen and oxygen atoms in total. The number of unbranched alkanes of at least 4 members (excludes halogenated alkanes) is 1. The molecule has 0 saturated carbocycles. The molecule has 0 aliphatic carbocycles. The lowest BCUT2D eigenvalue weighted by atomic mass is 10.3. The van der Waals surface area contributed by atoms with Gasteiger partial charge in [-0.25, -0.2) is 0 Å². The first kappa shape index (κ1) is 13.5. The largest absolute Gasteiger partial charge is 0.496 e. The van der Waals surface area contributed by atoms with Crippen LogP contribution in [-0.4, -0.2) is 36.8 Å². The van der Waals surface area contributed by atoms with E-state index in [2.05, 4.69) is 11.8 Å². The summed E-state index contributed by atoms with van der Waals surface area (Å²) in [7, 11) is 1.70. The van der Waals surface area contributed by atoms with Gasteiger partial charge in [-0.05, 0) is 24.4 Å². The van der Waals surface area contributed by atoms with Crippen LogP contribution in [0, 0.1) is 0 Å². The van der Waals surface area contributed by atoms with Gasteiger partial charge in [0.25, 0.3) is 0 Å². The second kappa shape index (κ2) is 7.65. The van der Waals surface area contributed by atoms with E-state index < -0.39 is 0 Å². The molecule has 0 radical (unpaired) electrons. The SMILES string of the molecule is CCCCN(CCO)Cc1sccc1OC. The monoisotopic (exact) mass is 243 g/mol. The van der Waals surface area contributed by atoms with Crippen LogP contribution in [0.1, 0.15) is 24.6 Å². The van der Waals surface area contributed by atoms with Gasteiger partial charge in [0.15, 0.2) is 0 Å². The topological polar surface area (TPSA) is 32.7 Å². The summed E-state index contributed by atoms with van der Waals surface area (Å²) in [6.45, 7) is 5.06. The van der Waals surface area contributed by atoms with Gasteiger partial charge in [0.05, 0.1) is 18.6 Å². The Hall–Kier alpha value is -0.580. The smallest absolute Gasteiger partial charge is 0.134 e. The zero-order chi connectivity index (χ0) is 11.8. The molecule has 0 amide bonds. The van der Waals surface area contributed by atoms with Crippen molar-refractivity contribution >= 4 is 11.3 Å². The van der Waals surface area contributed by atoms with Gasteiger partial charge < -0.3 is 9.84 Å². The molecule has 92 valence electrons. The van der Waals surface area contributed by atoms with Crippen LogP contribution in [0.2, 0.25) is 0 Å². The third-order valence-corrected chi connectivity index (χ3v) is 3.42. The fourth-order valence-corrected chi connectivity index (χ4v) is 2.50. The molecule has 16 heavy (non-hydrogen) atoms. The van der Waals surface area contributed by atoms with E-state index in [1.54, 1.807) is 18.4 Å². The predicted molar refractivity (Wildman–Crippen MR) is 68.1 cm³/mol. The Kier molecular flexibility index (Phi) is 6.45. The van der Waals surface area contributed by atoms with Crippen molar-refractivity contribution in [1.29, 1.82) is 0 Å². The molecule has 0 aliphatic heterocycles. The Bertz CT molecular complexity index is 288. The lowest BCUT2D eigenvalue weighted by molar-refractivity contribution is 0.188. The molecule has 0 bridgehead atoms. The maximum atomic E-state index is 9.02. The number of hydrogen-bond donors (Lipinski definition) is 1. The fourth-order valence-electron chi connectivity index (χ4n) is 1.62. The standard InChI is InChI=1S/C12H21NO2S/c1-3-4-6-13(7-8-14)10-12-11(15-2)5-9-16-12/h5,9,14H,3-4,6-8,10H2,1-2H3. The van der Waals surface area contributed by atoms with E-state index in [0.29, 0.717) is 0 Å². The highest BCUT2D eigenvalue weighted by Crippen LogP contribution is 2.25. The zero-order valence-electron chi connectivity index (χ0n) is 10.1. The normalized spacial score (nSPS) is 11.0. The summed E-state index contributed by atoms with van der Waals surface area (Å²) in [5.41, 5.74) is 0. The van der Waals surface area contributed by atoms with Gasteiger partial charge in [0.1, 0.15) is 5.75 Å². The van der Waals surface area contributed by atoms with E-state index in [4.69, 9.17) is 9.84 Å². The van der Waals surface area contributed by atoms with Crippen LogP contribution in [-0.2, 0) is 6.54 Å². The van der Waals surface area contributed by atoms with Crippen LogP contribution in [0.4, 0.5) is 0 Å². The second-order valence-electron chi connectivity index (χ2n) is 3.77. The van der Waals surface area contributed by atoms with Crippen LogP contribution < -0.4 is 4.74 Å². The molecule has 0 spiro atoms. The molecule has 1 aromatic heterocycles. The molecule has 0 unspecified atom stereocenters. The Morgan fingerprint density at radius 2 is 2.25 bits per heavy atom. The third kappa shape index (κ3) is 4.12. The van der Waals surface area contributed by atoms with E-state index in [1.807, 2.05) is 11.4 Å². The molecule has 0 saturated heterocycles. The van der Waals surface area contributed by atoms with Crippen molar-refractivity contribution in [3.63, 3.8) is 0 Å². The number of nitrogens with zero attached hydrogens (tertiary/aromatic N) is 1. The number of aliphatic hydroxyl groups excluding tert-OH is 1. The van der Waals surface area contributed by atoms with Gasteiger partial charge in [-0.15, -0.1) is 11.3 Å². The van der Waals surface area contributed by atoms with Crippen LogP contribution in [0.15, 0.2) is 11.4 Å². The van der Waals surface area contributed by atoms with Gasteiger partial charge in [-0.2, -0.15) is 0 Å². The number of thiophene rings is 1. The highest BCUT2D eigenvalue weighted by molar-refractivity contribution is 7.10. The van der Waals surface area contributed by atoms with E-state index in [9.17, 15) is 0 Å². The summed E-state index contributed by atoms with van der Waals surface area (Å²) in [5, 5.41) is 11.1. The van der Waals surface area contributed by atoms with Crippen LogP contribution in [0.3, 0.4) is 0 Å². The van der Waals surface area contributed by atoms with Crippen molar-refractivity contribution in [3.05, 3.63) is 16.3 Å². The van der Waals surface area contributed by atoms with Gasteiger partial charge in [-0.3, -0.25) is 4.90 Å². The average Bonchev–Trinajstić information content (AvgIpc) is 2.73. The Balaban J connectivity index is 2.52. The zero-order valence-corrected chi connectivity index (χ0v) is 10.9. The lowest BCUT2D eigenvalue weighted by Crippen LogP contribution is -2.27. The number of ether oxygens (including phenoxy) is 1. The fraction of sp³-hybridized carbons (Fsp3) is 0.667. The molecule has 1 N–H and O–H groups in total. The minimum Gasteiger partial charge on any atom is -0.496 e. The van der Waals surface area contributed by atoms with Crippen molar-refractivity contribution < 1.29 is 9.84 Å². The number of methoxy groups -OCH3 is 1. The first-order valence-electron chi connectivity index (χ1n) is 5.75. The highest BCUT2D eigenvalue weighted by atomic mass is 32.1. The van der Waals surface area contributed by atoms with E-state index in [-0.39, 0.29) is 6.61 Å². The van der Waals surface area contributed by atoms with Crippen molar-refractivity contribution in [3.8, 4) is 5.75 Å². The van der Waals surface area contributed by atoms with E-state index in [0.717, 1.165) is 25.4 Å². The number of rotatable bonds is 8. The van der Waals surface area contributed by atoms with Gasteiger partial charge in [-0.1, -0.05) is 13.3 Å². The molecule has 0 aromatic carbocycles. The Morgan fingerprint density at radius 3 is 2.88 bits per heavy atom. The van der Waals surface area contributed by atoms with Crippen molar-refractivity contribution in [2.45, 2.75) is 26.3 Å². The first-order chi connectivity index (χ1) is 7.81. The minimum absolute atomic E-state index is 0.220. The summed E-state index contributed by atoms with van der Waals surface area (Å²) in [6, 6.07) is 2.00. The molecule has 0 atom stereocenters. The third-order valence-electron chi connectivity index (χ3n) is 2.54. The molecule has 1 heterocycles. The van der Waals surface area contributed by atoms with Crippen LogP contribution >= 0.6 is 11.3 Å². The van der Waals surface area contributed by atoms with E-state index >= 15 is 0 Å². The lowest BCUT2D eigenvalue weighted by Gasteiger charge is -2.20. The summed E-state index contributed by atoms with van der Waals surface area (Å²) in [5.74, 6) is 0.962. The second-order valence-corrected chi connectivity index (χ2v) is 4.77. The van der Waals surface area contributed by atoms with Crippen LogP contribution in [0.5, 0.6) is 5.75 Å². The van der Waals surface area contributed by atoms with Gasteiger partial charge >= 0.3 is 0 Å². The Labute approximate surface area is 102 Å². The Morgan fingerprint density at radius 1 is 1.44 bits per heavy atom. The average molecular weight is 243 g/mol. The van der Waals surface area contributed by atoms with Gasteiger partial charge in [0.2, 0.25) is 0 Å². The number of hydrogen-bond acceptors (Lipinski definition) is 4. The van der Waals surface area contributed by atoms with Crippen molar-refractivity contribution in [2.24, 2.45) is 0 Å².